The monoisotopic (exact) mass is 224 g/mol. The largest absolute Gasteiger partial charge is 0.409 e. The summed E-state index contributed by atoms with van der Waals surface area (Å²) in [4.78, 5) is 22.7. The van der Waals surface area contributed by atoms with E-state index in [2.05, 4.69) is 10.5 Å². The van der Waals surface area contributed by atoms with E-state index in [9.17, 15) is 9.59 Å². The lowest BCUT2D eigenvalue weighted by molar-refractivity contribution is 0.0958. The van der Waals surface area contributed by atoms with Crippen LogP contribution in [0.25, 0.3) is 0 Å². The smallest absolute Gasteiger partial charge is 0.251 e. The minimum absolute atomic E-state index is 0.0788. The molecule has 0 radical (unpaired) electrons. The molecule has 16 heavy (non-hydrogen) atoms. The summed E-state index contributed by atoms with van der Waals surface area (Å²) in [5, 5.41) is 13.4. The van der Waals surface area contributed by atoms with Gasteiger partial charge in [-0.15, -0.1) is 0 Å². The molecule has 0 atom stereocenters. The number of pyridine rings is 1. The molecule has 0 aromatic carbocycles. The molecular weight excluding hydrogens is 212 g/mol. The molecule has 0 bridgehead atoms. The SMILES string of the molecule is Cn1ccc(C(=O)NC/C(N)=N/O)cc1=O. The van der Waals surface area contributed by atoms with Gasteiger partial charge in [0.25, 0.3) is 11.5 Å². The van der Waals surface area contributed by atoms with Gasteiger partial charge in [0.1, 0.15) is 0 Å². The Kier molecular flexibility index (Phi) is 3.65. The molecule has 0 aliphatic heterocycles. The molecule has 7 heteroatoms. The van der Waals surface area contributed by atoms with Gasteiger partial charge in [0.15, 0.2) is 5.84 Å². The van der Waals surface area contributed by atoms with Crippen molar-refractivity contribution in [2.45, 2.75) is 0 Å². The lowest BCUT2D eigenvalue weighted by Crippen LogP contribution is -2.34. The van der Waals surface area contributed by atoms with E-state index in [1.807, 2.05) is 0 Å². The summed E-state index contributed by atoms with van der Waals surface area (Å²) in [5.41, 5.74) is 5.12. The molecule has 0 saturated carbocycles. The first kappa shape index (κ1) is 11.8. The van der Waals surface area contributed by atoms with Crippen molar-refractivity contribution in [3.63, 3.8) is 0 Å². The minimum atomic E-state index is -0.454. The van der Waals surface area contributed by atoms with Gasteiger partial charge in [0.05, 0.1) is 6.54 Å². The van der Waals surface area contributed by atoms with Crippen LogP contribution < -0.4 is 16.6 Å². The van der Waals surface area contributed by atoms with Gasteiger partial charge in [-0.3, -0.25) is 9.59 Å². The van der Waals surface area contributed by atoms with Crippen LogP contribution in [0.3, 0.4) is 0 Å². The third-order valence-electron chi connectivity index (χ3n) is 1.93. The quantitative estimate of drug-likeness (QED) is 0.261. The Balaban J connectivity index is 2.74. The fourth-order valence-electron chi connectivity index (χ4n) is 0.998. The Morgan fingerprint density at radius 1 is 1.69 bits per heavy atom. The minimum Gasteiger partial charge on any atom is -0.409 e. The summed E-state index contributed by atoms with van der Waals surface area (Å²) in [6.45, 7) is -0.0788. The highest BCUT2D eigenvalue weighted by Gasteiger charge is 2.06. The van der Waals surface area contributed by atoms with Gasteiger partial charge in [-0.25, -0.2) is 0 Å². The zero-order valence-electron chi connectivity index (χ0n) is 8.67. The van der Waals surface area contributed by atoms with E-state index >= 15 is 0 Å². The number of carbonyl (C=O) groups is 1. The number of oxime groups is 1. The van der Waals surface area contributed by atoms with Crippen molar-refractivity contribution < 1.29 is 10.0 Å². The van der Waals surface area contributed by atoms with Crippen molar-refractivity contribution in [1.29, 1.82) is 0 Å². The average Bonchev–Trinajstić information content (AvgIpc) is 2.29. The fraction of sp³-hybridized carbons (Fsp3) is 0.222. The van der Waals surface area contributed by atoms with Crippen LogP contribution in [0.1, 0.15) is 10.4 Å². The number of nitrogens with one attached hydrogen (secondary N) is 1. The maximum absolute atomic E-state index is 11.5. The molecule has 1 aromatic rings. The molecule has 1 rings (SSSR count). The predicted molar refractivity (Wildman–Crippen MR) is 57.4 cm³/mol. The number of aryl methyl sites for hydroxylation is 1. The Morgan fingerprint density at radius 3 is 2.94 bits per heavy atom. The molecule has 0 aliphatic rings. The Labute approximate surface area is 91.2 Å². The topological polar surface area (TPSA) is 110 Å². The normalized spacial score (nSPS) is 11.2. The van der Waals surface area contributed by atoms with Crippen LogP contribution in [-0.2, 0) is 7.05 Å². The number of nitrogens with zero attached hydrogens (tertiary/aromatic N) is 2. The van der Waals surface area contributed by atoms with Crippen LogP contribution in [0, 0.1) is 0 Å². The fourth-order valence-corrected chi connectivity index (χ4v) is 0.998. The molecule has 1 heterocycles. The third-order valence-corrected chi connectivity index (χ3v) is 1.93. The molecule has 86 valence electrons. The average molecular weight is 224 g/mol. The van der Waals surface area contributed by atoms with Gasteiger partial charge in [-0.05, 0) is 6.07 Å². The second kappa shape index (κ2) is 4.96. The maximum Gasteiger partial charge on any atom is 0.251 e. The predicted octanol–water partition coefficient (Wildman–Crippen LogP) is -1.14. The van der Waals surface area contributed by atoms with E-state index in [0.29, 0.717) is 0 Å². The first-order valence-corrected chi connectivity index (χ1v) is 4.46. The van der Waals surface area contributed by atoms with Crippen LogP contribution in [0.15, 0.2) is 28.3 Å². The lowest BCUT2D eigenvalue weighted by Gasteiger charge is -2.04. The van der Waals surface area contributed by atoms with Crippen LogP contribution >= 0.6 is 0 Å². The number of hydrogen-bond acceptors (Lipinski definition) is 4. The summed E-state index contributed by atoms with van der Waals surface area (Å²) in [6.07, 6.45) is 1.49. The molecule has 1 amide bonds. The summed E-state index contributed by atoms with van der Waals surface area (Å²) >= 11 is 0. The van der Waals surface area contributed by atoms with Crippen LogP contribution in [0.5, 0.6) is 0 Å². The van der Waals surface area contributed by atoms with Crippen LogP contribution in [0.4, 0.5) is 0 Å². The van der Waals surface area contributed by atoms with Crippen molar-refractivity contribution in [2.24, 2.45) is 17.9 Å². The standard InChI is InChI=1S/C9H12N4O3/c1-13-3-2-6(4-8(13)14)9(15)11-5-7(10)12-16/h2-4,16H,5H2,1H3,(H2,10,12)(H,11,15). The zero-order chi connectivity index (χ0) is 12.1. The van der Waals surface area contributed by atoms with Crippen molar-refractivity contribution >= 4 is 11.7 Å². The highest BCUT2D eigenvalue weighted by Crippen LogP contribution is 1.93. The van der Waals surface area contributed by atoms with E-state index in [1.165, 1.54) is 22.9 Å². The van der Waals surface area contributed by atoms with Gasteiger partial charge in [-0.1, -0.05) is 5.16 Å². The molecule has 0 aliphatic carbocycles. The highest BCUT2D eigenvalue weighted by atomic mass is 16.4. The van der Waals surface area contributed by atoms with Gasteiger partial charge >= 0.3 is 0 Å². The van der Waals surface area contributed by atoms with Gasteiger partial charge < -0.3 is 20.8 Å². The summed E-state index contributed by atoms with van der Waals surface area (Å²) < 4.78 is 1.35. The number of rotatable bonds is 3. The van der Waals surface area contributed by atoms with Crippen molar-refractivity contribution in [1.82, 2.24) is 9.88 Å². The van der Waals surface area contributed by atoms with E-state index < -0.39 is 5.91 Å². The van der Waals surface area contributed by atoms with E-state index in [-0.39, 0.29) is 23.5 Å². The molecule has 1 aromatic heterocycles. The number of carbonyl (C=O) groups excluding carboxylic acids is 1. The Hall–Kier alpha value is -2.31. The lowest BCUT2D eigenvalue weighted by atomic mass is 10.2. The third kappa shape index (κ3) is 2.84. The van der Waals surface area contributed by atoms with E-state index in [4.69, 9.17) is 10.9 Å². The second-order valence-corrected chi connectivity index (χ2v) is 3.14. The zero-order valence-corrected chi connectivity index (χ0v) is 8.67. The summed E-state index contributed by atoms with van der Waals surface area (Å²) in [7, 11) is 1.58. The highest BCUT2D eigenvalue weighted by molar-refractivity contribution is 5.96. The van der Waals surface area contributed by atoms with E-state index in [1.54, 1.807) is 7.05 Å². The molecule has 0 spiro atoms. The summed E-state index contributed by atoms with van der Waals surface area (Å²) in [5.74, 6) is -0.568. The Bertz CT molecular complexity index is 478. The molecule has 4 N–H and O–H groups in total. The number of hydrogen-bond donors (Lipinski definition) is 3. The van der Waals surface area contributed by atoms with Crippen LogP contribution in [-0.4, -0.2) is 28.1 Å². The number of aromatic nitrogens is 1. The molecule has 0 fully saturated rings. The Morgan fingerprint density at radius 2 is 2.38 bits per heavy atom. The first-order chi connectivity index (χ1) is 7.54. The number of amides is 1. The second-order valence-electron chi connectivity index (χ2n) is 3.14. The van der Waals surface area contributed by atoms with Gasteiger partial charge in [0.2, 0.25) is 0 Å². The number of amidine groups is 1. The van der Waals surface area contributed by atoms with Crippen LogP contribution in [0.2, 0.25) is 0 Å². The van der Waals surface area contributed by atoms with Gasteiger partial charge in [0, 0.05) is 24.9 Å². The maximum atomic E-state index is 11.5. The molecule has 0 unspecified atom stereocenters. The van der Waals surface area contributed by atoms with Crippen molar-refractivity contribution in [2.75, 3.05) is 6.54 Å². The van der Waals surface area contributed by atoms with Crippen molar-refractivity contribution in [3.05, 3.63) is 34.2 Å². The first-order valence-electron chi connectivity index (χ1n) is 4.46. The van der Waals surface area contributed by atoms with Gasteiger partial charge in [-0.2, -0.15) is 0 Å². The molecule has 7 nitrogen and oxygen atoms in total. The number of nitrogens with two attached hydrogens (primary N) is 1. The van der Waals surface area contributed by atoms with Crippen molar-refractivity contribution in [3.8, 4) is 0 Å². The molecular formula is C9H12N4O3. The molecule has 0 saturated heterocycles. The summed E-state index contributed by atoms with van der Waals surface area (Å²) in [6, 6.07) is 2.71. The van der Waals surface area contributed by atoms with E-state index in [0.717, 1.165) is 0 Å².